The Morgan fingerprint density at radius 1 is 1.24 bits per heavy atom. The first-order chi connectivity index (χ1) is 11.7. The topological polar surface area (TPSA) is 80.3 Å². The van der Waals surface area contributed by atoms with Crippen molar-refractivity contribution in [2.75, 3.05) is 13.6 Å². The molecule has 0 unspecified atom stereocenters. The Bertz CT molecular complexity index is 834. The minimum Gasteiger partial charge on any atom is -0.361 e. The molecule has 2 N–H and O–H groups in total. The van der Waals surface area contributed by atoms with Crippen LogP contribution in [-0.2, 0) is 13.1 Å². The SMILES string of the molecule is CN=C(NCCn1cnc2ccccc21)NCc1c(C)noc1C.I. The van der Waals surface area contributed by atoms with E-state index in [9.17, 15) is 0 Å². The van der Waals surface area contributed by atoms with Gasteiger partial charge in [0.2, 0.25) is 0 Å². The number of rotatable bonds is 5. The number of aryl methyl sites for hydroxylation is 2. The fraction of sp³-hybridized carbons (Fsp3) is 0.353. The molecule has 0 amide bonds. The zero-order valence-electron chi connectivity index (χ0n) is 14.6. The summed E-state index contributed by atoms with van der Waals surface area (Å²) in [6.07, 6.45) is 1.87. The van der Waals surface area contributed by atoms with Crippen molar-refractivity contribution in [1.29, 1.82) is 0 Å². The second-order valence-corrected chi connectivity index (χ2v) is 5.58. The lowest BCUT2D eigenvalue weighted by Gasteiger charge is -2.12. The molecule has 134 valence electrons. The quantitative estimate of drug-likeness (QED) is 0.352. The smallest absolute Gasteiger partial charge is 0.191 e. The molecule has 0 saturated heterocycles. The Kier molecular flexibility index (Phi) is 6.80. The van der Waals surface area contributed by atoms with E-state index in [-0.39, 0.29) is 24.0 Å². The number of aromatic nitrogens is 3. The van der Waals surface area contributed by atoms with E-state index in [4.69, 9.17) is 4.52 Å². The summed E-state index contributed by atoms with van der Waals surface area (Å²) in [6.45, 7) is 6.05. The average molecular weight is 454 g/mol. The maximum Gasteiger partial charge on any atom is 0.191 e. The molecule has 0 aliphatic rings. The first-order valence-corrected chi connectivity index (χ1v) is 7.95. The summed E-state index contributed by atoms with van der Waals surface area (Å²) in [4.78, 5) is 8.64. The highest BCUT2D eigenvalue weighted by Gasteiger charge is 2.09. The van der Waals surface area contributed by atoms with Crippen molar-refractivity contribution in [1.82, 2.24) is 25.3 Å². The van der Waals surface area contributed by atoms with Crippen LogP contribution in [-0.4, -0.2) is 34.3 Å². The number of para-hydroxylation sites is 2. The van der Waals surface area contributed by atoms with Crippen molar-refractivity contribution in [3.05, 3.63) is 47.6 Å². The minimum absolute atomic E-state index is 0. The number of benzene rings is 1. The number of hydrogen-bond acceptors (Lipinski definition) is 4. The third-order valence-corrected chi connectivity index (χ3v) is 4.01. The Morgan fingerprint density at radius 3 is 2.76 bits per heavy atom. The van der Waals surface area contributed by atoms with Gasteiger partial charge in [-0.3, -0.25) is 4.99 Å². The first kappa shape index (κ1) is 19.2. The van der Waals surface area contributed by atoms with Crippen LogP contribution in [0, 0.1) is 13.8 Å². The molecule has 0 saturated carbocycles. The Morgan fingerprint density at radius 2 is 2.04 bits per heavy atom. The molecule has 0 fully saturated rings. The van der Waals surface area contributed by atoms with Gasteiger partial charge in [0.1, 0.15) is 5.76 Å². The number of hydrogen-bond donors (Lipinski definition) is 2. The van der Waals surface area contributed by atoms with Gasteiger partial charge in [-0.05, 0) is 26.0 Å². The van der Waals surface area contributed by atoms with Crippen molar-refractivity contribution in [2.45, 2.75) is 26.9 Å². The Hall–Kier alpha value is -2.10. The van der Waals surface area contributed by atoms with E-state index < -0.39 is 0 Å². The van der Waals surface area contributed by atoms with Crippen molar-refractivity contribution >= 4 is 41.0 Å². The van der Waals surface area contributed by atoms with Gasteiger partial charge in [-0.15, -0.1) is 24.0 Å². The molecule has 0 aliphatic carbocycles. The summed E-state index contributed by atoms with van der Waals surface area (Å²) in [7, 11) is 1.76. The van der Waals surface area contributed by atoms with Crippen LogP contribution >= 0.6 is 24.0 Å². The van der Waals surface area contributed by atoms with Gasteiger partial charge >= 0.3 is 0 Å². The maximum absolute atomic E-state index is 5.17. The molecule has 1 aromatic carbocycles. The first-order valence-electron chi connectivity index (χ1n) is 7.95. The molecule has 0 aliphatic heterocycles. The van der Waals surface area contributed by atoms with E-state index in [1.165, 1.54) is 0 Å². The van der Waals surface area contributed by atoms with Gasteiger partial charge in [-0.25, -0.2) is 4.98 Å². The van der Waals surface area contributed by atoms with Gasteiger partial charge in [-0.1, -0.05) is 17.3 Å². The van der Waals surface area contributed by atoms with Gasteiger partial charge < -0.3 is 19.7 Å². The molecule has 0 atom stereocenters. The summed E-state index contributed by atoms with van der Waals surface area (Å²) < 4.78 is 7.30. The summed E-state index contributed by atoms with van der Waals surface area (Å²) in [6, 6.07) is 8.12. The minimum atomic E-state index is 0. The monoisotopic (exact) mass is 454 g/mol. The number of imidazole rings is 1. The molecule has 2 aromatic heterocycles. The molecule has 0 bridgehead atoms. The second kappa shape index (κ2) is 8.84. The van der Waals surface area contributed by atoms with Crippen LogP contribution in [0.1, 0.15) is 17.0 Å². The number of nitrogens with one attached hydrogen (secondary N) is 2. The molecule has 8 heteroatoms. The third kappa shape index (κ3) is 4.50. The van der Waals surface area contributed by atoms with Crippen molar-refractivity contribution < 1.29 is 4.52 Å². The molecule has 25 heavy (non-hydrogen) atoms. The van der Waals surface area contributed by atoms with Gasteiger partial charge in [0.15, 0.2) is 5.96 Å². The van der Waals surface area contributed by atoms with Crippen LogP contribution in [0.4, 0.5) is 0 Å². The highest BCUT2D eigenvalue weighted by atomic mass is 127. The summed E-state index contributed by atoms with van der Waals surface area (Å²) >= 11 is 0. The number of aliphatic imine (C=N–C) groups is 1. The van der Waals surface area contributed by atoms with E-state index in [0.717, 1.165) is 47.1 Å². The number of fused-ring (bicyclic) bond motifs is 1. The molecular weight excluding hydrogens is 431 g/mol. The van der Waals surface area contributed by atoms with Crippen molar-refractivity contribution in [2.24, 2.45) is 4.99 Å². The van der Waals surface area contributed by atoms with E-state index >= 15 is 0 Å². The number of nitrogens with zero attached hydrogens (tertiary/aromatic N) is 4. The van der Waals surface area contributed by atoms with E-state index in [2.05, 4.69) is 36.4 Å². The molecule has 3 rings (SSSR count). The fourth-order valence-corrected chi connectivity index (χ4v) is 2.63. The Labute approximate surface area is 163 Å². The number of halogens is 1. The molecule has 0 radical (unpaired) electrons. The van der Waals surface area contributed by atoms with E-state index in [0.29, 0.717) is 6.54 Å². The van der Waals surface area contributed by atoms with Crippen molar-refractivity contribution in [3.63, 3.8) is 0 Å². The van der Waals surface area contributed by atoms with Crippen LogP contribution in [0.2, 0.25) is 0 Å². The van der Waals surface area contributed by atoms with Crippen LogP contribution in [0.25, 0.3) is 11.0 Å². The van der Waals surface area contributed by atoms with Gasteiger partial charge in [0.05, 0.1) is 23.1 Å². The highest BCUT2D eigenvalue weighted by molar-refractivity contribution is 14.0. The van der Waals surface area contributed by atoms with Crippen LogP contribution in [0.5, 0.6) is 0 Å². The lowest BCUT2D eigenvalue weighted by molar-refractivity contribution is 0.392. The van der Waals surface area contributed by atoms with Gasteiger partial charge in [0, 0.05) is 32.2 Å². The third-order valence-electron chi connectivity index (χ3n) is 4.01. The average Bonchev–Trinajstić information content (AvgIpc) is 3.15. The van der Waals surface area contributed by atoms with Gasteiger partial charge in [0.25, 0.3) is 0 Å². The van der Waals surface area contributed by atoms with Crippen LogP contribution in [0.15, 0.2) is 40.1 Å². The fourth-order valence-electron chi connectivity index (χ4n) is 2.63. The summed E-state index contributed by atoms with van der Waals surface area (Å²) in [5.41, 5.74) is 4.12. The predicted molar refractivity (Wildman–Crippen MR) is 109 cm³/mol. The molecule has 7 nitrogen and oxygen atoms in total. The second-order valence-electron chi connectivity index (χ2n) is 5.58. The van der Waals surface area contributed by atoms with Crippen LogP contribution in [0.3, 0.4) is 0 Å². The molecular formula is C17H23IN6O. The Balaban J connectivity index is 0.00000225. The normalized spacial score (nSPS) is 11.4. The maximum atomic E-state index is 5.17. The highest BCUT2D eigenvalue weighted by Crippen LogP contribution is 2.12. The molecule has 3 aromatic rings. The molecule has 2 heterocycles. The van der Waals surface area contributed by atoms with E-state index in [1.807, 2.05) is 38.4 Å². The van der Waals surface area contributed by atoms with Crippen LogP contribution < -0.4 is 10.6 Å². The zero-order chi connectivity index (χ0) is 16.9. The summed E-state index contributed by atoms with van der Waals surface area (Å²) in [5.74, 6) is 1.58. The van der Waals surface area contributed by atoms with Gasteiger partial charge in [-0.2, -0.15) is 0 Å². The summed E-state index contributed by atoms with van der Waals surface area (Å²) in [5, 5.41) is 10.6. The van der Waals surface area contributed by atoms with Crippen molar-refractivity contribution in [3.8, 4) is 0 Å². The predicted octanol–water partition coefficient (Wildman–Crippen LogP) is 2.62. The lowest BCUT2D eigenvalue weighted by Crippen LogP contribution is -2.38. The lowest BCUT2D eigenvalue weighted by atomic mass is 10.2. The zero-order valence-corrected chi connectivity index (χ0v) is 16.9. The largest absolute Gasteiger partial charge is 0.361 e. The molecule has 0 spiro atoms. The number of guanidine groups is 1. The van der Waals surface area contributed by atoms with E-state index in [1.54, 1.807) is 7.05 Å². The standard InChI is InChI=1S/C17H22N6O.HI/c1-12-14(13(2)24-22-12)10-20-17(18-3)19-8-9-23-11-21-15-6-4-5-7-16(15)23;/h4-7,11H,8-10H2,1-3H3,(H2,18,19,20);1H.